The molecule has 3 rings (SSSR count). The first-order valence-electron chi connectivity index (χ1n) is 8.32. The molecule has 0 atom stereocenters. The van der Waals surface area contributed by atoms with E-state index in [0.717, 1.165) is 27.8 Å². The van der Waals surface area contributed by atoms with Crippen molar-refractivity contribution in [1.82, 2.24) is 4.90 Å². The van der Waals surface area contributed by atoms with Gasteiger partial charge in [-0.3, -0.25) is 4.79 Å². The second-order valence-corrected chi connectivity index (χ2v) is 6.47. The number of aryl methyl sites for hydroxylation is 2. The molecule has 3 aromatic rings. The van der Waals surface area contributed by atoms with Crippen LogP contribution in [-0.4, -0.2) is 25.0 Å². The summed E-state index contributed by atoms with van der Waals surface area (Å²) in [5, 5.41) is 1.02. The smallest absolute Gasteiger partial charge is 0.227 e. The van der Waals surface area contributed by atoms with Crippen molar-refractivity contribution in [3.63, 3.8) is 0 Å². The van der Waals surface area contributed by atoms with Gasteiger partial charge in [-0.15, -0.1) is 0 Å². The fraction of sp³-hybridized carbons (Fsp3) is 0.286. The van der Waals surface area contributed by atoms with Crippen LogP contribution in [0.2, 0.25) is 0 Å². The molecule has 0 aliphatic carbocycles. The second-order valence-electron chi connectivity index (χ2n) is 6.47. The molecule has 4 heteroatoms. The molecule has 1 heterocycles. The Morgan fingerprint density at radius 2 is 1.80 bits per heavy atom. The largest absolute Gasteiger partial charge is 0.497 e. The van der Waals surface area contributed by atoms with Crippen LogP contribution in [0.4, 0.5) is 0 Å². The predicted molar refractivity (Wildman–Crippen MR) is 98.9 cm³/mol. The molecule has 0 N–H and O–H groups in total. The van der Waals surface area contributed by atoms with Crippen LogP contribution in [-0.2, 0) is 17.8 Å². The molecule has 0 aliphatic heterocycles. The number of likely N-dealkylation sites (N-methyl/N-ethyl adjacent to an activating group) is 1. The lowest BCUT2D eigenvalue weighted by atomic mass is 10.0. The number of methoxy groups -OCH3 is 1. The molecule has 4 nitrogen and oxygen atoms in total. The minimum absolute atomic E-state index is 0.0664. The average molecular weight is 337 g/mol. The zero-order valence-corrected chi connectivity index (χ0v) is 15.1. The van der Waals surface area contributed by atoms with E-state index in [1.165, 1.54) is 11.1 Å². The molecule has 130 valence electrons. The number of fused-ring (bicyclic) bond motifs is 1. The monoisotopic (exact) mass is 337 g/mol. The lowest BCUT2D eigenvalue weighted by Gasteiger charge is -2.17. The zero-order chi connectivity index (χ0) is 18.0. The fourth-order valence-corrected chi connectivity index (χ4v) is 2.86. The van der Waals surface area contributed by atoms with E-state index in [9.17, 15) is 4.79 Å². The second kappa shape index (κ2) is 7.01. The van der Waals surface area contributed by atoms with Gasteiger partial charge in [0.1, 0.15) is 11.3 Å². The molecule has 0 radical (unpaired) electrons. The van der Waals surface area contributed by atoms with E-state index >= 15 is 0 Å². The summed E-state index contributed by atoms with van der Waals surface area (Å²) in [6.07, 6.45) is 2.03. The summed E-state index contributed by atoms with van der Waals surface area (Å²) in [6, 6.07) is 11.9. The normalized spacial score (nSPS) is 10.9. The molecule has 0 spiro atoms. The summed E-state index contributed by atoms with van der Waals surface area (Å²) in [6.45, 7) is 4.70. The number of hydrogen-bond acceptors (Lipinski definition) is 3. The van der Waals surface area contributed by atoms with E-state index in [2.05, 4.69) is 19.9 Å². The van der Waals surface area contributed by atoms with Crippen molar-refractivity contribution < 1.29 is 13.9 Å². The van der Waals surface area contributed by atoms with Gasteiger partial charge >= 0.3 is 0 Å². The van der Waals surface area contributed by atoms with Crippen LogP contribution in [0.25, 0.3) is 11.0 Å². The molecule has 1 aromatic heterocycles. The van der Waals surface area contributed by atoms with E-state index in [1.54, 1.807) is 18.3 Å². The molecule has 0 unspecified atom stereocenters. The van der Waals surface area contributed by atoms with Gasteiger partial charge in [0, 0.05) is 24.5 Å². The minimum Gasteiger partial charge on any atom is -0.497 e. The van der Waals surface area contributed by atoms with Gasteiger partial charge in [0.2, 0.25) is 5.91 Å². The molecule has 2 aromatic carbocycles. The van der Waals surface area contributed by atoms with Crippen LogP contribution in [0.5, 0.6) is 5.75 Å². The summed E-state index contributed by atoms with van der Waals surface area (Å²) in [5.41, 5.74) is 5.24. The van der Waals surface area contributed by atoms with Crippen molar-refractivity contribution in [3.8, 4) is 5.75 Å². The number of amides is 1. The van der Waals surface area contributed by atoms with Crippen LogP contribution in [0.1, 0.15) is 22.3 Å². The van der Waals surface area contributed by atoms with Gasteiger partial charge in [-0.05, 0) is 54.8 Å². The molecule has 0 saturated carbocycles. The van der Waals surface area contributed by atoms with Gasteiger partial charge in [-0.1, -0.05) is 12.1 Å². The topological polar surface area (TPSA) is 42.7 Å². The first kappa shape index (κ1) is 17.1. The Balaban J connectivity index is 1.71. The van der Waals surface area contributed by atoms with E-state index in [1.807, 2.05) is 37.4 Å². The van der Waals surface area contributed by atoms with Crippen molar-refractivity contribution in [2.45, 2.75) is 26.8 Å². The molecular weight excluding hydrogens is 314 g/mol. The average Bonchev–Trinajstić information content (AvgIpc) is 2.97. The van der Waals surface area contributed by atoms with E-state index in [0.29, 0.717) is 13.0 Å². The van der Waals surface area contributed by atoms with Crippen LogP contribution in [0.3, 0.4) is 0 Å². The molecule has 0 saturated heterocycles. The van der Waals surface area contributed by atoms with Crippen molar-refractivity contribution in [2.75, 3.05) is 14.2 Å². The highest BCUT2D eigenvalue weighted by atomic mass is 16.5. The van der Waals surface area contributed by atoms with E-state index < -0.39 is 0 Å². The van der Waals surface area contributed by atoms with Gasteiger partial charge in [-0.2, -0.15) is 0 Å². The number of carbonyl (C=O) groups is 1. The summed E-state index contributed by atoms with van der Waals surface area (Å²) in [7, 11) is 3.47. The summed E-state index contributed by atoms with van der Waals surface area (Å²) >= 11 is 0. The van der Waals surface area contributed by atoms with Gasteiger partial charge in [-0.25, -0.2) is 0 Å². The van der Waals surface area contributed by atoms with Crippen LogP contribution >= 0.6 is 0 Å². The van der Waals surface area contributed by atoms with Crippen LogP contribution in [0, 0.1) is 13.8 Å². The summed E-state index contributed by atoms with van der Waals surface area (Å²) < 4.78 is 10.8. The minimum atomic E-state index is 0.0664. The lowest BCUT2D eigenvalue weighted by molar-refractivity contribution is -0.129. The van der Waals surface area contributed by atoms with Gasteiger partial charge < -0.3 is 14.1 Å². The number of benzene rings is 2. The van der Waals surface area contributed by atoms with Gasteiger partial charge in [0.25, 0.3) is 0 Å². The van der Waals surface area contributed by atoms with Gasteiger partial charge in [0.15, 0.2) is 0 Å². The highest BCUT2D eigenvalue weighted by Crippen LogP contribution is 2.25. The first-order valence-corrected chi connectivity index (χ1v) is 8.32. The maximum Gasteiger partial charge on any atom is 0.227 e. The third kappa shape index (κ3) is 3.68. The zero-order valence-electron chi connectivity index (χ0n) is 15.1. The maximum atomic E-state index is 12.6. The maximum absolute atomic E-state index is 12.6. The van der Waals surface area contributed by atoms with Crippen LogP contribution < -0.4 is 4.74 Å². The van der Waals surface area contributed by atoms with E-state index in [-0.39, 0.29) is 5.91 Å². The molecular formula is C21H23NO3. The highest BCUT2D eigenvalue weighted by Gasteiger charge is 2.15. The molecule has 1 amide bonds. The third-order valence-corrected chi connectivity index (χ3v) is 4.62. The quantitative estimate of drug-likeness (QED) is 0.699. The standard InChI is InChI=1S/C21H23NO3/c1-14-9-19-17(13-25-20(19)10-15(14)2)11-21(23)22(3)12-16-5-7-18(24-4)8-6-16/h5-10,13H,11-12H2,1-4H3. The Morgan fingerprint density at radius 1 is 1.12 bits per heavy atom. The molecule has 0 aliphatic rings. The Morgan fingerprint density at radius 3 is 2.48 bits per heavy atom. The summed E-state index contributed by atoms with van der Waals surface area (Å²) in [5.74, 6) is 0.880. The number of rotatable bonds is 5. The number of furan rings is 1. The molecule has 25 heavy (non-hydrogen) atoms. The Kier molecular flexibility index (Phi) is 4.79. The highest BCUT2D eigenvalue weighted by molar-refractivity contribution is 5.88. The summed E-state index contributed by atoms with van der Waals surface area (Å²) in [4.78, 5) is 14.3. The number of hydrogen-bond donors (Lipinski definition) is 0. The predicted octanol–water partition coefficient (Wildman–Crippen LogP) is 4.26. The van der Waals surface area contributed by atoms with Crippen molar-refractivity contribution >= 4 is 16.9 Å². The molecule has 0 bridgehead atoms. The third-order valence-electron chi connectivity index (χ3n) is 4.62. The van der Waals surface area contributed by atoms with Crippen molar-refractivity contribution in [1.29, 1.82) is 0 Å². The Bertz CT molecular complexity index is 893. The number of ether oxygens (including phenoxy) is 1. The lowest BCUT2D eigenvalue weighted by Crippen LogP contribution is -2.27. The van der Waals surface area contributed by atoms with Crippen LogP contribution in [0.15, 0.2) is 47.1 Å². The van der Waals surface area contributed by atoms with Crippen molar-refractivity contribution in [3.05, 3.63) is 64.9 Å². The fourth-order valence-electron chi connectivity index (χ4n) is 2.86. The SMILES string of the molecule is COc1ccc(CN(C)C(=O)Cc2coc3cc(C)c(C)cc23)cc1. The Labute approximate surface area is 148 Å². The van der Waals surface area contributed by atoms with Gasteiger partial charge in [0.05, 0.1) is 19.8 Å². The first-order chi connectivity index (χ1) is 12.0. The Hall–Kier alpha value is -2.75. The van der Waals surface area contributed by atoms with Crippen molar-refractivity contribution in [2.24, 2.45) is 0 Å². The number of carbonyl (C=O) groups excluding carboxylic acids is 1. The number of nitrogens with zero attached hydrogens (tertiary/aromatic N) is 1. The molecule has 0 fully saturated rings. The van der Waals surface area contributed by atoms with E-state index in [4.69, 9.17) is 9.15 Å².